The molecule has 0 saturated carbocycles. The van der Waals surface area contributed by atoms with Gasteiger partial charge in [0.1, 0.15) is 5.75 Å². The van der Waals surface area contributed by atoms with Gasteiger partial charge in [-0.05, 0) is 19.4 Å². The Morgan fingerprint density at radius 3 is 3.00 bits per heavy atom. The molecule has 5 heteroatoms. The van der Waals surface area contributed by atoms with E-state index in [0.29, 0.717) is 12.6 Å². The van der Waals surface area contributed by atoms with Gasteiger partial charge >= 0.3 is 0 Å². The van der Waals surface area contributed by atoms with Crippen molar-refractivity contribution in [2.75, 3.05) is 26.2 Å². The summed E-state index contributed by atoms with van der Waals surface area (Å²) in [5.74, 6) is 1.09. The fourth-order valence-corrected chi connectivity index (χ4v) is 2.95. The van der Waals surface area contributed by atoms with E-state index in [0.717, 1.165) is 37.4 Å². The van der Waals surface area contributed by atoms with Crippen LogP contribution < -0.4 is 10.1 Å². The summed E-state index contributed by atoms with van der Waals surface area (Å²) in [4.78, 5) is 14.7. The number of nitrogens with zero attached hydrogens (tertiary/aromatic N) is 1. The van der Waals surface area contributed by atoms with Gasteiger partial charge in [-0.2, -0.15) is 0 Å². The summed E-state index contributed by atoms with van der Waals surface area (Å²) in [5.41, 5.74) is 1.05. The van der Waals surface area contributed by atoms with Crippen LogP contribution in [0.5, 0.6) is 5.75 Å². The van der Waals surface area contributed by atoms with Crippen molar-refractivity contribution in [2.24, 2.45) is 0 Å². The van der Waals surface area contributed by atoms with Crippen molar-refractivity contribution >= 4 is 18.3 Å². The van der Waals surface area contributed by atoms with Crippen molar-refractivity contribution in [1.82, 2.24) is 10.2 Å². The number of carbonyl (C=O) groups is 1. The predicted molar refractivity (Wildman–Crippen MR) is 80.6 cm³/mol. The fourth-order valence-electron chi connectivity index (χ4n) is 2.95. The van der Waals surface area contributed by atoms with E-state index in [9.17, 15) is 4.79 Å². The maximum absolute atomic E-state index is 12.7. The van der Waals surface area contributed by atoms with E-state index in [1.807, 2.05) is 29.2 Å². The Kier molecular flexibility index (Phi) is 4.89. The lowest BCUT2D eigenvalue weighted by Gasteiger charge is -2.35. The van der Waals surface area contributed by atoms with Gasteiger partial charge in [-0.1, -0.05) is 18.2 Å². The molecule has 0 spiro atoms. The number of fused-ring (bicyclic) bond motifs is 1. The highest BCUT2D eigenvalue weighted by Crippen LogP contribution is 2.34. The van der Waals surface area contributed by atoms with Gasteiger partial charge in [0.2, 0.25) is 5.91 Å². The molecule has 2 atom stereocenters. The highest BCUT2D eigenvalue weighted by molar-refractivity contribution is 5.85. The number of piperazine rings is 1. The normalized spacial score (nSPS) is 25.1. The lowest BCUT2D eigenvalue weighted by Crippen LogP contribution is -2.52. The minimum Gasteiger partial charge on any atom is -0.493 e. The molecule has 1 aromatic rings. The topological polar surface area (TPSA) is 41.6 Å². The van der Waals surface area contributed by atoms with E-state index < -0.39 is 0 Å². The molecule has 1 aromatic carbocycles. The molecule has 1 N–H and O–H groups in total. The van der Waals surface area contributed by atoms with Crippen LogP contribution in [-0.4, -0.2) is 43.1 Å². The Bertz CT molecular complexity index is 481. The number of nitrogens with one attached hydrogen (secondary N) is 1. The van der Waals surface area contributed by atoms with E-state index >= 15 is 0 Å². The molecule has 4 nitrogen and oxygen atoms in total. The second-order valence-corrected chi connectivity index (χ2v) is 5.37. The first kappa shape index (κ1) is 15.1. The zero-order valence-electron chi connectivity index (χ0n) is 11.7. The monoisotopic (exact) mass is 296 g/mol. The lowest BCUT2D eigenvalue weighted by molar-refractivity contribution is -0.134. The molecule has 1 unspecified atom stereocenters. The fraction of sp³-hybridized carbons (Fsp3) is 0.533. The highest BCUT2D eigenvalue weighted by Gasteiger charge is 2.32. The molecular weight excluding hydrogens is 276 g/mol. The molecule has 110 valence electrons. The van der Waals surface area contributed by atoms with Gasteiger partial charge in [0.05, 0.1) is 12.5 Å². The minimum absolute atomic E-state index is 0. The first-order valence-electron chi connectivity index (χ1n) is 6.99. The minimum atomic E-state index is -0.0322. The number of ether oxygens (including phenoxy) is 1. The third kappa shape index (κ3) is 2.91. The van der Waals surface area contributed by atoms with Crippen molar-refractivity contribution in [3.8, 4) is 5.75 Å². The van der Waals surface area contributed by atoms with Gasteiger partial charge in [0, 0.05) is 31.2 Å². The van der Waals surface area contributed by atoms with Gasteiger partial charge in [-0.25, -0.2) is 0 Å². The number of rotatable bonds is 1. The summed E-state index contributed by atoms with van der Waals surface area (Å²) in [6, 6.07) is 8.29. The number of hydrogen-bond acceptors (Lipinski definition) is 3. The molecule has 1 amide bonds. The average molecular weight is 297 g/mol. The van der Waals surface area contributed by atoms with Crippen LogP contribution in [0.15, 0.2) is 24.3 Å². The number of benzene rings is 1. The van der Waals surface area contributed by atoms with Crippen LogP contribution in [0.4, 0.5) is 0 Å². The summed E-state index contributed by atoms with van der Waals surface area (Å²) in [6.45, 7) is 5.26. The Balaban J connectivity index is 0.00000147. The van der Waals surface area contributed by atoms with Crippen LogP contribution in [0.2, 0.25) is 0 Å². The molecule has 2 heterocycles. The Morgan fingerprint density at radius 2 is 2.20 bits per heavy atom. The molecule has 0 aliphatic carbocycles. The Hall–Kier alpha value is -1.26. The van der Waals surface area contributed by atoms with Gasteiger partial charge in [-0.3, -0.25) is 4.79 Å². The SMILES string of the molecule is C[C@@H]1CN(C(=O)C2CCOc3ccccc32)CCN1.Cl. The summed E-state index contributed by atoms with van der Waals surface area (Å²) in [7, 11) is 0. The van der Waals surface area contributed by atoms with Gasteiger partial charge in [0.25, 0.3) is 0 Å². The molecule has 2 aliphatic rings. The first-order valence-corrected chi connectivity index (χ1v) is 6.99. The summed E-state index contributed by atoms with van der Waals surface area (Å²) < 4.78 is 5.63. The van der Waals surface area contributed by atoms with Crippen LogP contribution >= 0.6 is 12.4 Å². The van der Waals surface area contributed by atoms with Crippen molar-refractivity contribution in [3.05, 3.63) is 29.8 Å². The van der Waals surface area contributed by atoms with E-state index in [1.54, 1.807) is 0 Å². The molecule has 3 rings (SSSR count). The van der Waals surface area contributed by atoms with Crippen molar-refractivity contribution in [3.63, 3.8) is 0 Å². The lowest BCUT2D eigenvalue weighted by atomic mass is 9.91. The summed E-state index contributed by atoms with van der Waals surface area (Å²) in [6.07, 6.45) is 0.786. The number of carbonyl (C=O) groups excluding carboxylic acids is 1. The van der Waals surface area contributed by atoms with Crippen LogP contribution in [-0.2, 0) is 4.79 Å². The second kappa shape index (κ2) is 6.46. The molecule has 0 aromatic heterocycles. The van der Waals surface area contributed by atoms with Crippen LogP contribution in [0, 0.1) is 0 Å². The van der Waals surface area contributed by atoms with Gasteiger partial charge in [-0.15, -0.1) is 12.4 Å². The largest absolute Gasteiger partial charge is 0.493 e. The zero-order valence-corrected chi connectivity index (χ0v) is 12.5. The standard InChI is InChI=1S/C15H20N2O2.ClH/c1-11-10-17(8-7-16-11)15(18)13-6-9-19-14-5-3-2-4-12(13)14;/h2-5,11,13,16H,6-10H2,1H3;1H/t11-,13?;/m1./s1. The second-order valence-electron chi connectivity index (χ2n) is 5.37. The molecule has 1 saturated heterocycles. The molecular formula is C15H21ClN2O2. The Morgan fingerprint density at radius 1 is 1.40 bits per heavy atom. The van der Waals surface area contributed by atoms with E-state index in [4.69, 9.17) is 4.74 Å². The van der Waals surface area contributed by atoms with Gasteiger partial charge in [0.15, 0.2) is 0 Å². The number of amides is 1. The number of halogens is 1. The highest BCUT2D eigenvalue weighted by atomic mass is 35.5. The third-order valence-electron chi connectivity index (χ3n) is 3.94. The predicted octanol–water partition coefficient (Wildman–Crippen LogP) is 1.79. The molecule has 0 bridgehead atoms. The zero-order chi connectivity index (χ0) is 13.2. The van der Waals surface area contributed by atoms with E-state index in [-0.39, 0.29) is 24.2 Å². The number of hydrogen-bond donors (Lipinski definition) is 1. The first-order chi connectivity index (χ1) is 9.25. The van der Waals surface area contributed by atoms with E-state index in [1.165, 1.54) is 0 Å². The smallest absolute Gasteiger partial charge is 0.230 e. The van der Waals surface area contributed by atoms with Crippen molar-refractivity contribution in [1.29, 1.82) is 0 Å². The van der Waals surface area contributed by atoms with Gasteiger partial charge < -0.3 is 15.0 Å². The summed E-state index contributed by atoms with van der Waals surface area (Å²) >= 11 is 0. The van der Waals surface area contributed by atoms with Crippen LogP contribution in [0.1, 0.15) is 24.8 Å². The Labute approximate surface area is 125 Å². The maximum Gasteiger partial charge on any atom is 0.230 e. The van der Waals surface area contributed by atoms with Crippen LogP contribution in [0.3, 0.4) is 0 Å². The third-order valence-corrected chi connectivity index (χ3v) is 3.94. The van der Waals surface area contributed by atoms with E-state index in [2.05, 4.69) is 12.2 Å². The number of para-hydroxylation sites is 1. The molecule has 0 radical (unpaired) electrons. The molecule has 2 aliphatic heterocycles. The van der Waals surface area contributed by atoms with Crippen molar-refractivity contribution in [2.45, 2.75) is 25.3 Å². The maximum atomic E-state index is 12.7. The molecule has 20 heavy (non-hydrogen) atoms. The van der Waals surface area contributed by atoms with Crippen LogP contribution in [0.25, 0.3) is 0 Å². The summed E-state index contributed by atoms with van der Waals surface area (Å²) in [5, 5.41) is 3.37. The van der Waals surface area contributed by atoms with Crippen molar-refractivity contribution < 1.29 is 9.53 Å². The average Bonchev–Trinajstić information content (AvgIpc) is 2.46. The quantitative estimate of drug-likeness (QED) is 0.859. The molecule has 1 fully saturated rings.